The lowest BCUT2D eigenvalue weighted by Gasteiger charge is -2.16. The molecule has 0 saturated heterocycles. The highest BCUT2D eigenvalue weighted by atomic mass is 16.5. The second-order valence-electron chi connectivity index (χ2n) is 7.45. The molecule has 0 aliphatic rings. The Morgan fingerprint density at radius 2 is 1.97 bits per heavy atom. The Morgan fingerprint density at radius 3 is 2.62 bits per heavy atom. The van der Waals surface area contributed by atoms with Crippen LogP contribution in [0.5, 0.6) is 5.88 Å². The minimum absolute atomic E-state index is 0.0661. The molecule has 1 atom stereocenters. The highest BCUT2D eigenvalue weighted by molar-refractivity contribution is 5.86. The topological polar surface area (TPSA) is 69.0 Å². The van der Waals surface area contributed by atoms with E-state index in [1.54, 1.807) is 11.8 Å². The Labute approximate surface area is 172 Å². The van der Waals surface area contributed by atoms with Crippen molar-refractivity contribution in [3.8, 4) is 5.88 Å². The fourth-order valence-electron chi connectivity index (χ4n) is 3.89. The van der Waals surface area contributed by atoms with Gasteiger partial charge in [-0.2, -0.15) is 0 Å². The molecule has 3 aromatic rings. The molecule has 29 heavy (non-hydrogen) atoms. The van der Waals surface area contributed by atoms with Gasteiger partial charge >= 0.3 is 0 Å². The lowest BCUT2D eigenvalue weighted by molar-refractivity contribution is -0.121. The Kier molecular flexibility index (Phi) is 6.52. The van der Waals surface area contributed by atoms with Gasteiger partial charge in [-0.1, -0.05) is 37.3 Å². The maximum atomic E-state index is 12.5. The third-order valence-corrected chi connectivity index (χ3v) is 5.63. The number of carbonyl (C=O) groups is 1. The van der Waals surface area contributed by atoms with Crippen LogP contribution in [0.1, 0.15) is 48.1 Å². The molecule has 6 nitrogen and oxygen atoms in total. The molecule has 6 heteroatoms. The number of nitrogens with one attached hydrogen (secondary N) is 1. The molecule has 0 fully saturated rings. The van der Waals surface area contributed by atoms with Gasteiger partial charge in [0.25, 0.3) is 0 Å². The van der Waals surface area contributed by atoms with Crippen molar-refractivity contribution in [2.24, 2.45) is 7.05 Å². The number of pyridine rings is 1. The van der Waals surface area contributed by atoms with Crippen molar-refractivity contribution < 1.29 is 9.53 Å². The number of carbonyl (C=O) groups excluding carboxylic acids is 1. The first-order valence-electron chi connectivity index (χ1n) is 10.1. The van der Waals surface area contributed by atoms with Crippen LogP contribution in [0.4, 0.5) is 0 Å². The molecule has 154 valence electrons. The quantitative estimate of drug-likeness (QED) is 0.630. The smallest absolute Gasteiger partial charge is 0.242 e. The van der Waals surface area contributed by atoms with Crippen molar-refractivity contribution in [2.75, 3.05) is 13.7 Å². The zero-order chi connectivity index (χ0) is 21.0. The van der Waals surface area contributed by atoms with Gasteiger partial charge in [0.05, 0.1) is 12.5 Å². The maximum absolute atomic E-state index is 12.5. The number of amides is 1. The average molecular weight is 395 g/mol. The van der Waals surface area contributed by atoms with Crippen molar-refractivity contribution in [3.63, 3.8) is 0 Å². The number of nitrogens with zero attached hydrogens (tertiary/aromatic N) is 3. The van der Waals surface area contributed by atoms with Crippen LogP contribution in [0, 0.1) is 13.8 Å². The number of rotatable bonds is 8. The summed E-state index contributed by atoms with van der Waals surface area (Å²) in [5.41, 5.74) is 5.18. The number of methoxy groups -OCH3 is 1. The van der Waals surface area contributed by atoms with Crippen molar-refractivity contribution >= 4 is 16.9 Å². The molecule has 0 saturated carbocycles. The zero-order valence-corrected chi connectivity index (χ0v) is 18.0. The van der Waals surface area contributed by atoms with Gasteiger partial charge in [-0.15, -0.1) is 5.10 Å². The predicted molar refractivity (Wildman–Crippen MR) is 115 cm³/mol. The lowest BCUT2D eigenvalue weighted by Crippen LogP contribution is -2.28. The van der Waals surface area contributed by atoms with Crippen molar-refractivity contribution in [3.05, 3.63) is 52.7 Å². The number of aromatic nitrogens is 3. The van der Waals surface area contributed by atoms with E-state index in [0.29, 0.717) is 31.2 Å². The molecule has 2 heterocycles. The number of aryl methyl sites for hydroxylation is 3. The first-order chi connectivity index (χ1) is 14.0. The van der Waals surface area contributed by atoms with Crippen molar-refractivity contribution in [1.82, 2.24) is 20.1 Å². The second-order valence-corrected chi connectivity index (χ2v) is 7.45. The van der Waals surface area contributed by atoms with Gasteiger partial charge in [0, 0.05) is 31.6 Å². The summed E-state index contributed by atoms with van der Waals surface area (Å²) in [6.07, 6.45) is 2.07. The molecule has 1 N–H and O–H groups in total. The van der Waals surface area contributed by atoms with E-state index in [-0.39, 0.29) is 5.91 Å². The summed E-state index contributed by atoms with van der Waals surface area (Å²) in [4.78, 5) is 17.2. The number of ether oxygens (including phenoxy) is 1. The fourth-order valence-corrected chi connectivity index (χ4v) is 3.89. The zero-order valence-electron chi connectivity index (χ0n) is 18.0. The van der Waals surface area contributed by atoms with Crippen LogP contribution in [-0.2, 0) is 18.3 Å². The molecule has 0 spiro atoms. The Balaban J connectivity index is 1.68. The Morgan fingerprint density at radius 1 is 1.24 bits per heavy atom. The van der Waals surface area contributed by atoms with E-state index in [0.717, 1.165) is 34.3 Å². The van der Waals surface area contributed by atoms with E-state index in [4.69, 9.17) is 9.72 Å². The van der Waals surface area contributed by atoms with E-state index in [9.17, 15) is 4.79 Å². The fraction of sp³-hybridized carbons (Fsp3) is 0.435. The first-order valence-corrected chi connectivity index (χ1v) is 10.1. The average Bonchev–Trinajstić information content (AvgIpc) is 3.04. The van der Waals surface area contributed by atoms with Crippen LogP contribution in [0.15, 0.2) is 30.3 Å². The molecular weight excluding hydrogens is 364 g/mol. The van der Waals surface area contributed by atoms with Crippen LogP contribution in [0.3, 0.4) is 0 Å². The Hall–Kier alpha value is -2.89. The summed E-state index contributed by atoms with van der Waals surface area (Å²) < 4.78 is 7.15. The standard InChI is InChI=1S/C23H30N4O2/c1-6-17(18-10-8-7-9-11-18)14-24-20(28)13-12-19-15(2)21-22(25-16(19)3)27(4)26-23(21)29-5/h7-11,17H,6,12-14H2,1-5H3,(H,24,28). The van der Waals surface area contributed by atoms with Crippen LogP contribution < -0.4 is 10.1 Å². The molecule has 0 aliphatic heterocycles. The number of fused-ring (bicyclic) bond motifs is 1. The predicted octanol–water partition coefficient (Wildman–Crippen LogP) is 3.84. The highest BCUT2D eigenvalue weighted by Gasteiger charge is 2.18. The van der Waals surface area contributed by atoms with Crippen LogP contribution in [0.2, 0.25) is 0 Å². The third-order valence-electron chi connectivity index (χ3n) is 5.63. The minimum atomic E-state index is 0.0661. The van der Waals surface area contributed by atoms with E-state index in [2.05, 4.69) is 36.4 Å². The van der Waals surface area contributed by atoms with Gasteiger partial charge < -0.3 is 10.1 Å². The molecule has 0 radical (unpaired) electrons. The van der Waals surface area contributed by atoms with E-state index >= 15 is 0 Å². The molecule has 2 aromatic heterocycles. The number of hydrogen-bond donors (Lipinski definition) is 1. The summed E-state index contributed by atoms with van der Waals surface area (Å²) >= 11 is 0. The van der Waals surface area contributed by atoms with Crippen LogP contribution in [0.25, 0.3) is 11.0 Å². The maximum Gasteiger partial charge on any atom is 0.242 e. The summed E-state index contributed by atoms with van der Waals surface area (Å²) in [6.45, 7) is 6.85. The van der Waals surface area contributed by atoms with Crippen molar-refractivity contribution in [2.45, 2.75) is 46.0 Å². The summed E-state index contributed by atoms with van der Waals surface area (Å²) in [6, 6.07) is 10.3. The van der Waals surface area contributed by atoms with E-state index < -0.39 is 0 Å². The number of benzene rings is 1. The molecule has 0 bridgehead atoms. The molecule has 1 aromatic carbocycles. The summed E-state index contributed by atoms with van der Waals surface area (Å²) in [7, 11) is 3.48. The summed E-state index contributed by atoms with van der Waals surface area (Å²) in [5, 5.41) is 8.41. The van der Waals surface area contributed by atoms with Crippen LogP contribution >= 0.6 is 0 Å². The normalized spacial score (nSPS) is 12.2. The molecule has 0 aliphatic carbocycles. The van der Waals surface area contributed by atoms with Gasteiger partial charge in [-0.3, -0.25) is 4.79 Å². The monoisotopic (exact) mass is 394 g/mol. The molecular formula is C23H30N4O2. The van der Waals surface area contributed by atoms with E-state index in [1.165, 1.54) is 5.56 Å². The second kappa shape index (κ2) is 9.07. The summed E-state index contributed by atoms with van der Waals surface area (Å²) in [5.74, 6) is 0.976. The molecule has 1 unspecified atom stereocenters. The van der Waals surface area contributed by atoms with Gasteiger partial charge in [-0.05, 0) is 43.4 Å². The first kappa shape index (κ1) is 20.8. The van der Waals surface area contributed by atoms with Gasteiger partial charge in [0.2, 0.25) is 11.8 Å². The van der Waals surface area contributed by atoms with Gasteiger partial charge in [-0.25, -0.2) is 9.67 Å². The third kappa shape index (κ3) is 4.42. The molecule has 3 rings (SSSR count). The Bertz CT molecular complexity index is 995. The highest BCUT2D eigenvalue weighted by Crippen LogP contribution is 2.30. The minimum Gasteiger partial charge on any atom is -0.479 e. The van der Waals surface area contributed by atoms with E-state index in [1.807, 2.05) is 32.2 Å². The van der Waals surface area contributed by atoms with Gasteiger partial charge in [0.15, 0.2) is 5.65 Å². The largest absolute Gasteiger partial charge is 0.479 e. The molecule has 1 amide bonds. The number of hydrogen-bond acceptors (Lipinski definition) is 4. The van der Waals surface area contributed by atoms with Crippen molar-refractivity contribution in [1.29, 1.82) is 0 Å². The van der Waals surface area contributed by atoms with Gasteiger partial charge in [0.1, 0.15) is 0 Å². The SMILES string of the molecule is CCC(CNC(=O)CCc1c(C)nc2c(c(OC)nn2C)c1C)c1ccccc1. The van der Waals surface area contributed by atoms with Crippen LogP contribution in [-0.4, -0.2) is 34.3 Å². The lowest BCUT2D eigenvalue weighted by atomic mass is 9.96.